The van der Waals surface area contributed by atoms with Crippen molar-refractivity contribution in [3.63, 3.8) is 0 Å². The van der Waals surface area contributed by atoms with Crippen LogP contribution in [0.4, 0.5) is 15.8 Å². The summed E-state index contributed by atoms with van der Waals surface area (Å²) in [5.74, 6) is -0.569. The first-order chi connectivity index (χ1) is 9.98. The van der Waals surface area contributed by atoms with Crippen molar-refractivity contribution in [3.05, 3.63) is 53.8 Å². The topological polar surface area (TPSA) is 63.4 Å². The smallest absolute Gasteiger partial charge is 0.264 e. The number of hydrogen-bond acceptors (Lipinski definition) is 3. The minimum Gasteiger partial charge on any atom is -0.399 e. The Morgan fingerprint density at radius 3 is 2.71 bits per heavy atom. The number of benzene rings is 2. The molecule has 0 bridgehead atoms. The number of aryl methyl sites for hydroxylation is 1. The molecule has 0 unspecified atom stereocenters. The molecule has 1 aliphatic heterocycles. The Morgan fingerprint density at radius 2 is 1.95 bits per heavy atom. The normalized spacial score (nSPS) is 14.8. The molecule has 0 radical (unpaired) electrons. The standard InChI is InChI=1S/C15H15FN2O2S/c16-12-4-1-5-14(9-12)21(19,20)18-8-2-3-11-6-7-13(17)10-15(11)18/h1,4-7,9-10H,2-3,8,17H2. The fourth-order valence-corrected chi connectivity index (χ4v) is 4.13. The number of rotatable bonds is 2. The van der Waals surface area contributed by atoms with Crippen LogP contribution in [0.5, 0.6) is 0 Å². The third kappa shape index (κ3) is 2.47. The Morgan fingerprint density at radius 1 is 1.14 bits per heavy atom. The summed E-state index contributed by atoms with van der Waals surface area (Å²) in [7, 11) is -3.78. The minimum absolute atomic E-state index is 0.0437. The van der Waals surface area contributed by atoms with E-state index in [9.17, 15) is 12.8 Å². The fraction of sp³-hybridized carbons (Fsp3) is 0.200. The van der Waals surface area contributed by atoms with Gasteiger partial charge in [-0.3, -0.25) is 4.31 Å². The highest BCUT2D eigenvalue weighted by Crippen LogP contribution is 2.33. The molecular formula is C15H15FN2O2S. The van der Waals surface area contributed by atoms with Gasteiger partial charge < -0.3 is 5.73 Å². The molecule has 0 aliphatic carbocycles. The molecular weight excluding hydrogens is 291 g/mol. The van der Waals surface area contributed by atoms with Crippen molar-refractivity contribution in [2.75, 3.05) is 16.6 Å². The molecule has 0 atom stereocenters. The molecule has 0 fully saturated rings. The predicted molar refractivity (Wildman–Crippen MR) is 80.1 cm³/mol. The Labute approximate surface area is 123 Å². The number of nitrogen functional groups attached to an aromatic ring is 1. The third-order valence-electron chi connectivity index (χ3n) is 3.57. The molecule has 0 aromatic heterocycles. The molecule has 21 heavy (non-hydrogen) atoms. The maximum Gasteiger partial charge on any atom is 0.264 e. The second kappa shape index (κ2) is 5.04. The van der Waals surface area contributed by atoms with Crippen LogP contribution in [0.2, 0.25) is 0 Å². The number of halogens is 1. The van der Waals surface area contributed by atoms with E-state index in [-0.39, 0.29) is 4.90 Å². The van der Waals surface area contributed by atoms with Gasteiger partial charge in [-0.05, 0) is 48.7 Å². The van der Waals surface area contributed by atoms with Crippen LogP contribution in [0.3, 0.4) is 0 Å². The van der Waals surface area contributed by atoms with Gasteiger partial charge >= 0.3 is 0 Å². The van der Waals surface area contributed by atoms with E-state index in [1.807, 2.05) is 6.07 Å². The van der Waals surface area contributed by atoms with Gasteiger partial charge in [-0.15, -0.1) is 0 Å². The summed E-state index contributed by atoms with van der Waals surface area (Å²) in [5.41, 5.74) is 7.81. The van der Waals surface area contributed by atoms with Crippen molar-refractivity contribution in [1.29, 1.82) is 0 Å². The lowest BCUT2D eigenvalue weighted by molar-refractivity contribution is 0.582. The van der Waals surface area contributed by atoms with Gasteiger partial charge in [0.25, 0.3) is 10.0 Å². The quantitative estimate of drug-likeness (QED) is 0.867. The van der Waals surface area contributed by atoms with Crippen molar-refractivity contribution in [2.45, 2.75) is 17.7 Å². The summed E-state index contributed by atoms with van der Waals surface area (Å²) < 4.78 is 40.1. The Bertz CT molecular complexity index is 790. The van der Waals surface area contributed by atoms with E-state index in [4.69, 9.17) is 5.73 Å². The lowest BCUT2D eigenvalue weighted by atomic mass is 10.0. The monoisotopic (exact) mass is 306 g/mol. The van der Waals surface area contributed by atoms with Gasteiger partial charge in [0.1, 0.15) is 5.82 Å². The van der Waals surface area contributed by atoms with Gasteiger partial charge in [-0.1, -0.05) is 12.1 Å². The number of nitrogens with zero attached hydrogens (tertiary/aromatic N) is 1. The lowest BCUT2D eigenvalue weighted by Crippen LogP contribution is -2.35. The van der Waals surface area contributed by atoms with Crippen LogP contribution < -0.4 is 10.0 Å². The zero-order valence-corrected chi connectivity index (χ0v) is 12.1. The van der Waals surface area contributed by atoms with Gasteiger partial charge in [-0.25, -0.2) is 12.8 Å². The number of fused-ring (bicyclic) bond motifs is 1. The van der Waals surface area contributed by atoms with Crippen LogP contribution in [0.1, 0.15) is 12.0 Å². The summed E-state index contributed by atoms with van der Waals surface area (Å²) in [5, 5.41) is 0. The average molecular weight is 306 g/mol. The molecule has 1 aliphatic rings. The van der Waals surface area contributed by atoms with E-state index < -0.39 is 15.8 Å². The lowest BCUT2D eigenvalue weighted by Gasteiger charge is -2.30. The first kappa shape index (κ1) is 13.9. The average Bonchev–Trinajstić information content (AvgIpc) is 2.46. The fourth-order valence-electron chi connectivity index (χ4n) is 2.56. The van der Waals surface area contributed by atoms with Crippen molar-refractivity contribution < 1.29 is 12.8 Å². The zero-order chi connectivity index (χ0) is 15.0. The Kier molecular flexibility index (Phi) is 3.33. The molecule has 0 spiro atoms. The maximum absolute atomic E-state index is 13.3. The highest BCUT2D eigenvalue weighted by Gasteiger charge is 2.29. The van der Waals surface area contributed by atoms with E-state index in [0.29, 0.717) is 17.9 Å². The van der Waals surface area contributed by atoms with Crippen LogP contribution in [0, 0.1) is 5.82 Å². The third-order valence-corrected chi connectivity index (χ3v) is 5.38. The summed E-state index contributed by atoms with van der Waals surface area (Å²) in [6, 6.07) is 10.3. The molecule has 2 N–H and O–H groups in total. The maximum atomic E-state index is 13.3. The molecule has 4 nitrogen and oxygen atoms in total. The van der Waals surface area contributed by atoms with Crippen molar-refractivity contribution >= 4 is 21.4 Å². The number of hydrogen-bond donors (Lipinski definition) is 1. The second-order valence-corrected chi connectivity index (χ2v) is 6.89. The molecule has 2 aromatic carbocycles. The predicted octanol–water partition coefficient (Wildman–Crippen LogP) is 2.55. The largest absolute Gasteiger partial charge is 0.399 e. The Balaban J connectivity index is 2.11. The first-order valence-electron chi connectivity index (χ1n) is 6.65. The van der Waals surface area contributed by atoms with E-state index in [0.717, 1.165) is 24.5 Å². The number of nitrogens with two attached hydrogens (primary N) is 1. The number of sulfonamides is 1. The number of anilines is 2. The van der Waals surface area contributed by atoms with Crippen molar-refractivity contribution in [1.82, 2.24) is 0 Å². The summed E-state index contributed by atoms with van der Waals surface area (Å²) in [6.07, 6.45) is 1.54. The van der Waals surface area contributed by atoms with Gasteiger partial charge in [0.05, 0.1) is 10.6 Å². The van der Waals surface area contributed by atoms with Crippen LogP contribution in [-0.4, -0.2) is 15.0 Å². The molecule has 2 aromatic rings. The van der Waals surface area contributed by atoms with Crippen LogP contribution >= 0.6 is 0 Å². The van der Waals surface area contributed by atoms with Crippen LogP contribution in [0.15, 0.2) is 47.4 Å². The van der Waals surface area contributed by atoms with E-state index in [2.05, 4.69) is 0 Å². The van der Waals surface area contributed by atoms with E-state index in [1.165, 1.54) is 22.5 Å². The molecule has 0 saturated carbocycles. The molecule has 3 rings (SSSR count). The second-order valence-electron chi connectivity index (χ2n) is 5.03. The molecule has 1 heterocycles. The van der Waals surface area contributed by atoms with Crippen LogP contribution in [0.25, 0.3) is 0 Å². The molecule has 0 amide bonds. The zero-order valence-electron chi connectivity index (χ0n) is 11.3. The van der Waals surface area contributed by atoms with E-state index in [1.54, 1.807) is 12.1 Å². The summed E-state index contributed by atoms with van der Waals surface area (Å²) >= 11 is 0. The molecule has 0 saturated heterocycles. The minimum atomic E-state index is -3.78. The highest BCUT2D eigenvalue weighted by molar-refractivity contribution is 7.92. The van der Waals surface area contributed by atoms with Gasteiger partial charge in [-0.2, -0.15) is 0 Å². The van der Waals surface area contributed by atoms with Gasteiger partial charge in [0.15, 0.2) is 0 Å². The van der Waals surface area contributed by atoms with Crippen molar-refractivity contribution in [2.24, 2.45) is 0 Å². The molecule has 110 valence electrons. The van der Waals surface area contributed by atoms with Gasteiger partial charge in [0, 0.05) is 12.2 Å². The first-order valence-corrected chi connectivity index (χ1v) is 8.09. The van der Waals surface area contributed by atoms with Crippen LogP contribution in [-0.2, 0) is 16.4 Å². The van der Waals surface area contributed by atoms with Crippen molar-refractivity contribution in [3.8, 4) is 0 Å². The molecule has 6 heteroatoms. The Hall–Kier alpha value is -2.08. The highest BCUT2D eigenvalue weighted by atomic mass is 32.2. The summed E-state index contributed by atoms with van der Waals surface area (Å²) in [6.45, 7) is 0.370. The SMILES string of the molecule is Nc1ccc2c(c1)N(S(=O)(=O)c1cccc(F)c1)CCC2. The van der Waals surface area contributed by atoms with E-state index >= 15 is 0 Å². The summed E-state index contributed by atoms with van der Waals surface area (Å²) in [4.78, 5) is -0.0437. The van der Waals surface area contributed by atoms with Gasteiger partial charge in [0.2, 0.25) is 0 Å².